The Morgan fingerprint density at radius 3 is 1.95 bits per heavy atom. The molecule has 5 nitrogen and oxygen atoms in total. The van der Waals surface area contributed by atoms with Gasteiger partial charge in [-0.3, -0.25) is 4.57 Å². The molecule has 0 bridgehead atoms. The molecule has 0 amide bonds. The molecule has 0 spiro atoms. The minimum Gasteiger partial charge on any atom is -0.437 e. The summed E-state index contributed by atoms with van der Waals surface area (Å²) in [5.41, 5.74) is 19.4. The van der Waals surface area contributed by atoms with Crippen LogP contribution in [0.4, 0.5) is 0 Å². The van der Waals surface area contributed by atoms with Gasteiger partial charge in [0, 0.05) is 32.9 Å². The molecule has 5 heteroatoms. The molecule has 1 aliphatic rings. The molecule has 0 fully saturated rings. The summed E-state index contributed by atoms with van der Waals surface area (Å²) in [6.45, 7) is 4.69. The predicted molar refractivity (Wildman–Crippen MR) is 242 cm³/mol. The molecule has 4 aromatic heterocycles. The first-order valence-electron chi connectivity index (χ1n) is 20.3. The Morgan fingerprint density at radius 1 is 0.458 bits per heavy atom. The third kappa shape index (κ3) is 4.47. The van der Waals surface area contributed by atoms with Gasteiger partial charge in [0.25, 0.3) is 0 Å². The molecule has 59 heavy (non-hydrogen) atoms. The van der Waals surface area contributed by atoms with Crippen molar-refractivity contribution in [1.29, 1.82) is 0 Å². The van der Waals surface area contributed by atoms with Crippen LogP contribution in [-0.4, -0.2) is 18.5 Å². The number of nitrogens with zero attached hydrogens (tertiary/aromatic N) is 4. The van der Waals surface area contributed by atoms with Gasteiger partial charge in [0.1, 0.15) is 11.1 Å². The molecule has 0 saturated heterocycles. The van der Waals surface area contributed by atoms with Crippen molar-refractivity contribution in [2.24, 2.45) is 0 Å². The van der Waals surface area contributed by atoms with Gasteiger partial charge in [-0.25, -0.2) is 9.38 Å². The van der Waals surface area contributed by atoms with E-state index < -0.39 is 0 Å². The fraction of sp³-hybridized carbons (Fsp3) is 0.0556. The smallest absolute Gasteiger partial charge is 0.232 e. The van der Waals surface area contributed by atoms with Crippen molar-refractivity contribution >= 4 is 60.8 Å². The third-order valence-corrected chi connectivity index (χ3v) is 12.9. The Hall–Kier alpha value is -7.63. The van der Waals surface area contributed by atoms with Crippen LogP contribution in [0.3, 0.4) is 0 Å². The topological polar surface area (TPSA) is 40.3 Å². The summed E-state index contributed by atoms with van der Waals surface area (Å²) in [5.74, 6) is 0.831. The average molecular weight is 757 g/mol. The Kier molecular flexibility index (Phi) is 6.44. The molecular weight excluding hydrogens is 721 g/mol. The largest absolute Gasteiger partial charge is 0.437 e. The highest BCUT2D eigenvalue weighted by molar-refractivity contribution is 6.11. The van der Waals surface area contributed by atoms with E-state index in [1.54, 1.807) is 0 Å². The highest BCUT2D eigenvalue weighted by atomic mass is 16.3. The Bertz CT molecular complexity index is 3690. The van der Waals surface area contributed by atoms with E-state index in [-0.39, 0.29) is 5.41 Å². The summed E-state index contributed by atoms with van der Waals surface area (Å²) in [4.78, 5) is 5.27. The predicted octanol–water partition coefficient (Wildman–Crippen LogP) is 13.9. The lowest BCUT2D eigenvalue weighted by Gasteiger charge is -2.22. The first kappa shape index (κ1) is 32.5. The van der Waals surface area contributed by atoms with Crippen LogP contribution in [0, 0.1) is 0 Å². The minimum atomic E-state index is -0.0305. The zero-order valence-corrected chi connectivity index (χ0v) is 32.5. The monoisotopic (exact) mass is 756 g/mol. The quantitative estimate of drug-likeness (QED) is 0.179. The average Bonchev–Trinajstić information content (AvgIpc) is 4.06. The van der Waals surface area contributed by atoms with Crippen molar-refractivity contribution in [2.75, 3.05) is 0 Å². The standard InChI is InChI=1S/C54H36N4O/c1-54(2)44-17-9-6-14-39(44)40-27-22-35(31-45(40)54)33-20-25-38(26-21-33)56-47-18-10-7-15-41(47)43-30-34(23-28-48(43)56)36-24-29-49-46(32-36)55-53-57(37-12-4-3-5-13-37)51-42-16-8-11-19-50(42)59-52(51)58(49)53/h3-32H,1-2H3. The number of furan rings is 1. The number of hydrogen-bond acceptors (Lipinski definition) is 2. The summed E-state index contributed by atoms with van der Waals surface area (Å²) >= 11 is 0. The number of para-hydroxylation sites is 3. The zero-order valence-electron chi connectivity index (χ0n) is 32.5. The SMILES string of the molecule is CC1(C)c2ccccc2-c2ccc(-c3ccc(-n4c5ccccc5c5cc(-c6ccc7c(c6)nc6n(-c8ccccc8)c8c9ccccc9oc8n76)ccc54)cc3)cc21. The fourth-order valence-corrected chi connectivity index (χ4v) is 10.0. The van der Waals surface area contributed by atoms with Gasteiger partial charge in [0.15, 0.2) is 0 Å². The first-order valence-corrected chi connectivity index (χ1v) is 20.3. The van der Waals surface area contributed by atoms with Crippen LogP contribution in [0.15, 0.2) is 186 Å². The lowest BCUT2D eigenvalue weighted by atomic mass is 9.81. The summed E-state index contributed by atoms with van der Waals surface area (Å²) in [7, 11) is 0. The molecular formula is C54H36N4O. The van der Waals surface area contributed by atoms with E-state index in [2.05, 4.69) is 191 Å². The van der Waals surface area contributed by atoms with Gasteiger partial charge in [-0.05, 0) is 117 Å². The lowest BCUT2D eigenvalue weighted by molar-refractivity contribution is 0.651. The number of rotatable bonds is 4. The summed E-state index contributed by atoms with van der Waals surface area (Å²) in [6, 6.07) is 65.8. The van der Waals surface area contributed by atoms with Crippen LogP contribution in [0.25, 0.3) is 106 Å². The maximum atomic E-state index is 6.54. The van der Waals surface area contributed by atoms with E-state index in [4.69, 9.17) is 9.40 Å². The van der Waals surface area contributed by atoms with E-state index >= 15 is 0 Å². The van der Waals surface area contributed by atoms with Gasteiger partial charge in [0.2, 0.25) is 11.5 Å². The second-order valence-corrected chi connectivity index (χ2v) is 16.4. The van der Waals surface area contributed by atoms with Crippen LogP contribution in [0.1, 0.15) is 25.0 Å². The summed E-state index contributed by atoms with van der Waals surface area (Å²) < 4.78 is 13.3. The van der Waals surface area contributed by atoms with Crippen LogP contribution in [-0.2, 0) is 5.41 Å². The lowest BCUT2D eigenvalue weighted by Crippen LogP contribution is -2.14. The van der Waals surface area contributed by atoms with Gasteiger partial charge in [-0.2, -0.15) is 0 Å². The van der Waals surface area contributed by atoms with Crippen LogP contribution < -0.4 is 0 Å². The van der Waals surface area contributed by atoms with Gasteiger partial charge < -0.3 is 8.98 Å². The van der Waals surface area contributed by atoms with Crippen molar-refractivity contribution in [1.82, 2.24) is 18.5 Å². The van der Waals surface area contributed by atoms with Crippen molar-refractivity contribution in [3.05, 3.63) is 193 Å². The summed E-state index contributed by atoms with van der Waals surface area (Å²) in [5, 5.41) is 3.52. The van der Waals surface area contributed by atoms with Gasteiger partial charge in [0.05, 0.1) is 22.1 Å². The molecule has 0 radical (unpaired) electrons. The maximum Gasteiger partial charge on any atom is 0.232 e. The number of benzene rings is 8. The van der Waals surface area contributed by atoms with Gasteiger partial charge in [-0.15, -0.1) is 0 Å². The molecule has 4 heterocycles. The highest BCUT2D eigenvalue weighted by Gasteiger charge is 2.35. The first-order chi connectivity index (χ1) is 29.0. The minimum absolute atomic E-state index is 0.0305. The number of imidazole rings is 2. The molecule has 13 rings (SSSR count). The molecule has 0 aliphatic heterocycles. The second kappa shape index (κ2) is 11.7. The van der Waals surface area contributed by atoms with Crippen molar-refractivity contribution in [3.8, 4) is 44.8 Å². The number of fused-ring (bicyclic) bond motifs is 13. The zero-order chi connectivity index (χ0) is 39.0. The Labute approximate surface area is 339 Å². The summed E-state index contributed by atoms with van der Waals surface area (Å²) in [6.07, 6.45) is 0. The van der Waals surface area contributed by atoms with E-state index in [0.717, 1.165) is 61.5 Å². The molecule has 1 aliphatic carbocycles. The Balaban J connectivity index is 0.907. The number of hydrogen-bond donors (Lipinski definition) is 0. The van der Waals surface area contributed by atoms with Crippen molar-refractivity contribution in [2.45, 2.75) is 19.3 Å². The van der Waals surface area contributed by atoms with Crippen LogP contribution in [0.2, 0.25) is 0 Å². The van der Waals surface area contributed by atoms with E-state index in [1.807, 2.05) is 18.2 Å². The molecule has 8 aromatic carbocycles. The van der Waals surface area contributed by atoms with E-state index in [9.17, 15) is 0 Å². The van der Waals surface area contributed by atoms with Crippen LogP contribution in [0.5, 0.6) is 0 Å². The molecule has 0 N–H and O–H groups in total. The normalized spacial score (nSPS) is 13.4. The molecule has 12 aromatic rings. The Morgan fingerprint density at radius 2 is 1.08 bits per heavy atom. The molecule has 278 valence electrons. The van der Waals surface area contributed by atoms with Crippen LogP contribution >= 0.6 is 0 Å². The maximum absolute atomic E-state index is 6.54. The molecule has 0 atom stereocenters. The van der Waals surface area contributed by atoms with Crippen molar-refractivity contribution < 1.29 is 4.42 Å². The molecule has 0 saturated carbocycles. The third-order valence-electron chi connectivity index (χ3n) is 12.9. The van der Waals surface area contributed by atoms with E-state index in [1.165, 1.54) is 55.2 Å². The molecule has 0 unspecified atom stereocenters. The van der Waals surface area contributed by atoms with Crippen molar-refractivity contribution in [3.63, 3.8) is 0 Å². The highest BCUT2D eigenvalue weighted by Crippen LogP contribution is 2.49. The number of aromatic nitrogens is 4. The van der Waals surface area contributed by atoms with Gasteiger partial charge >= 0.3 is 0 Å². The second-order valence-electron chi connectivity index (χ2n) is 16.4. The van der Waals surface area contributed by atoms with E-state index in [0.29, 0.717) is 0 Å². The fourth-order valence-electron chi connectivity index (χ4n) is 10.0. The van der Waals surface area contributed by atoms with Gasteiger partial charge in [-0.1, -0.05) is 123 Å².